The van der Waals surface area contributed by atoms with Gasteiger partial charge in [-0.2, -0.15) is 0 Å². The monoisotopic (exact) mass is 335 g/mol. The summed E-state index contributed by atoms with van der Waals surface area (Å²) >= 11 is 0. The van der Waals surface area contributed by atoms with E-state index in [0.717, 1.165) is 45.3 Å². The molecule has 3 fully saturated rings. The summed E-state index contributed by atoms with van der Waals surface area (Å²) in [4.78, 5) is 26.4. The van der Waals surface area contributed by atoms with Crippen LogP contribution in [0, 0.1) is 11.8 Å². The van der Waals surface area contributed by atoms with Gasteiger partial charge in [-0.1, -0.05) is 6.92 Å². The van der Waals surface area contributed by atoms with Crippen molar-refractivity contribution in [1.82, 2.24) is 15.5 Å². The van der Waals surface area contributed by atoms with Gasteiger partial charge >= 0.3 is 0 Å². The molecule has 136 valence electrons. The van der Waals surface area contributed by atoms with E-state index in [1.807, 2.05) is 6.92 Å². The molecule has 2 bridgehead atoms. The molecule has 3 atom stereocenters. The predicted molar refractivity (Wildman–Crippen MR) is 94.5 cm³/mol. The maximum absolute atomic E-state index is 12.7. The highest BCUT2D eigenvalue weighted by molar-refractivity contribution is 5.77. The summed E-state index contributed by atoms with van der Waals surface area (Å²) in [5, 5.41) is 6.68. The number of nitrogens with zero attached hydrogens (tertiary/aromatic N) is 1. The molecule has 3 unspecified atom stereocenters. The first-order chi connectivity index (χ1) is 11.6. The number of amides is 2. The first-order valence-corrected chi connectivity index (χ1v) is 9.94. The van der Waals surface area contributed by atoms with Gasteiger partial charge in [-0.25, -0.2) is 0 Å². The third-order valence-corrected chi connectivity index (χ3v) is 5.97. The van der Waals surface area contributed by atoms with Crippen LogP contribution in [-0.4, -0.2) is 48.4 Å². The van der Waals surface area contributed by atoms with Crippen LogP contribution in [0.15, 0.2) is 0 Å². The SMILES string of the molecule is CCCC(=O)NCC1CCCN(C(=O)CC2CC3CCC(C2)N3)C1. The summed E-state index contributed by atoms with van der Waals surface area (Å²) in [5.41, 5.74) is 0. The first kappa shape index (κ1) is 17.7. The van der Waals surface area contributed by atoms with Crippen molar-refractivity contribution in [2.24, 2.45) is 11.8 Å². The highest BCUT2D eigenvalue weighted by Crippen LogP contribution is 2.33. The minimum atomic E-state index is 0.145. The van der Waals surface area contributed by atoms with Crippen LogP contribution in [0.2, 0.25) is 0 Å². The first-order valence-electron chi connectivity index (χ1n) is 9.94. The van der Waals surface area contributed by atoms with Crippen LogP contribution in [0.1, 0.15) is 64.7 Å². The minimum Gasteiger partial charge on any atom is -0.356 e. The maximum Gasteiger partial charge on any atom is 0.222 e. The van der Waals surface area contributed by atoms with Gasteiger partial charge in [-0.05, 0) is 56.8 Å². The van der Waals surface area contributed by atoms with Crippen molar-refractivity contribution in [1.29, 1.82) is 0 Å². The Morgan fingerprint density at radius 1 is 1.12 bits per heavy atom. The molecular formula is C19H33N3O2. The van der Waals surface area contributed by atoms with E-state index < -0.39 is 0 Å². The van der Waals surface area contributed by atoms with Gasteiger partial charge in [-0.3, -0.25) is 9.59 Å². The Kier molecular flexibility index (Phi) is 6.14. The van der Waals surface area contributed by atoms with Crippen molar-refractivity contribution in [3.05, 3.63) is 0 Å². The molecule has 0 aromatic heterocycles. The molecule has 24 heavy (non-hydrogen) atoms. The van der Waals surface area contributed by atoms with Gasteiger partial charge in [0.15, 0.2) is 0 Å². The van der Waals surface area contributed by atoms with Crippen LogP contribution in [0.5, 0.6) is 0 Å². The summed E-state index contributed by atoms with van der Waals surface area (Å²) < 4.78 is 0. The maximum atomic E-state index is 12.7. The fourth-order valence-electron chi connectivity index (χ4n) is 4.75. The van der Waals surface area contributed by atoms with Gasteiger partial charge in [0.05, 0.1) is 0 Å². The molecule has 3 saturated heterocycles. The van der Waals surface area contributed by atoms with Gasteiger partial charge in [0.25, 0.3) is 0 Å². The van der Waals surface area contributed by atoms with Gasteiger partial charge in [0, 0.05) is 44.6 Å². The molecule has 0 saturated carbocycles. The molecule has 3 rings (SSSR count). The van der Waals surface area contributed by atoms with E-state index in [1.165, 1.54) is 25.7 Å². The third-order valence-electron chi connectivity index (χ3n) is 5.97. The second-order valence-electron chi connectivity index (χ2n) is 8.08. The topological polar surface area (TPSA) is 61.4 Å². The van der Waals surface area contributed by atoms with Crippen molar-refractivity contribution in [2.75, 3.05) is 19.6 Å². The lowest BCUT2D eigenvalue weighted by atomic mass is 9.88. The fourth-order valence-corrected chi connectivity index (χ4v) is 4.75. The van der Waals surface area contributed by atoms with Crippen molar-refractivity contribution in [3.63, 3.8) is 0 Å². The molecule has 0 aromatic rings. The number of piperidine rings is 2. The summed E-state index contributed by atoms with van der Waals surface area (Å²) in [6.45, 7) is 4.47. The van der Waals surface area contributed by atoms with Crippen LogP contribution < -0.4 is 10.6 Å². The molecule has 3 aliphatic rings. The number of carbonyl (C=O) groups is 2. The zero-order chi connectivity index (χ0) is 16.9. The molecule has 2 N–H and O–H groups in total. The minimum absolute atomic E-state index is 0.145. The molecule has 0 spiro atoms. The van der Waals surface area contributed by atoms with Crippen LogP contribution in [0.4, 0.5) is 0 Å². The standard InChI is InChI=1S/C19H33N3O2/c1-2-4-18(23)20-12-14-5-3-8-22(13-14)19(24)11-15-9-16-6-7-17(10-15)21-16/h14-17,21H,2-13H2,1H3,(H,20,23). The Labute approximate surface area is 145 Å². The van der Waals surface area contributed by atoms with E-state index >= 15 is 0 Å². The molecular weight excluding hydrogens is 302 g/mol. The quantitative estimate of drug-likeness (QED) is 0.781. The third kappa shape index (κ3) is 4.71. The van der Waals surface area contributed by atoms with E-state index in [2.05, 4.69) is 15.5 Å². The number of hydrogen-bond donors (Lipinski definition) is 2. The number of rotatable bonds is 6. The highest BCUT2D eigenvalue weighted by atomic mass is 16.2. The van der Waals surface area contributed by atoms with Crippen LogP contribution in [-0.2, 0) is 9.59 Å². The number of nitrogens with one attached hydrogen (secondary N) is 2. The van der Waals surface area contributed by atoms with Gasteiger partial charge in [0.2, 0.25) is 11.8 Å². The van der Waals surface area contributed by atoms with Crippen LogP contribution >= 0.6 is 0 Å². The largest absolute Gasteiger partial charge is 0.356 e. The number of hydrogen-bond acceptors (Lipinski definition) is 3. The smallest absolute Gasteiger partial charge is 0.222 e. The number of likely N-dealkylation sites (tertiary alicyclic amines) is 1. The lowest BCUT2D eigenvalue weighted by Gasteiger charge is -2.35. The van der Waals surface area contributed by atoms with Gasteiger partial charge in [0.1, 0.15) is 0 Å². The second kappa shape index (κ2) is 8.32. The number of carbonyl (C=O) groups excluding carboxylic acids is 2. The average molecular weight is 335 g/mol. The predicted octanol–water partition coefficient (Wildman–Crippen LogP) is 2.06. The van der Waals surface area contributed by atoms with E-state index in [-0.39, 0.29) is 5.91 Å². The Balaban J connectivity index is 1.42. The molecule has 0 radical (unpaired) electrons. The molecule has 0 aliphatic carbocycles. The van der Waals surface area contributed by atoms with Crippen molar-refractivity contribution < 1.29 is 9.59 Å². The van der Waals surface area contributed by atoms with E-state index in [0.29, 0.717) is 36.2 Å². The fraction of sp³-hybridized carbons (Fsp3) is 0.895. The zero-order valence-electron chi connectivity index (χ0n) is 15.1. The van der Waals surface area contributed by atoms with Crippen LogP contribution in [0.25, 0.3) is 0 Å². The van der Waals surface area contributed by atoms with Crippen molar-refractivity contribution in [2.45, 2.75) is 76.8 Å². The van der Waals surface area contributed by atoms with E-state index in [4.69, 9.17) is 0 Å². The lowest BCUT2D eigenvalue weighted by Crippen LogP contribution is -2.45. The molecule has 5 nitrogen and oxygen atoms in total. The van der Waals surface area contributed by atoms with E-state index in [9.17, 15) is 9.59 Å². The Hall–Kier alpha value is -1.10. The van der Waals surface area contributed by atoms with Crippen molar-refractivity contribution in [3.8, 4) is 0 Å². The Morgan fingerprint density at radius 3 is 2.58 bits per heavy atom. The Bertz CT molecular complexity index is 442. The molecule has 5 heteroatoms. The highest BCUT2D eigenvalue weighted by Gasteiger charge is 2.35. The van der Waals surface area contributed by atoms with Gasteiger partial charge < -0.3 is 15.5 Å². The Morgan fingerprint density at radius 2 is 1.88 bits per heavy atom. The summed E-state index contributed by atoms with van der Waals surface area (Å²) in [5.74, 6) is 1.48. The summed E-state index contributed by atoms with van der Waals surface area (Å²) in [6, 6.07) is 1.31. The normalized spacial score (nSPS) is 32.6. The lowest BCUT2D eigenvalue weighted by molar-refractivity contribution is -0.134. The molecule has 3 aliphatic heterocycles. The molecule has 3 heterocycles. The number of fused-ring (bicyclic) bond motifs is 2. The van der Waals surface area contributed by atoms with Crippen molar-refractivity contribution >= 4 is 11.8 Å². The zero-order valence-corrected chi connectivity index (χ0v) is 15.1. The summed E-state index contributed by atoms with van der Waals surface area (Å²) in [6.07, 6.45) is 9.33. The van der Waals surface area contributed by atoms with Gasteiger partial charge in [-0.15, -0.1) is 0 Å². The molecule has 2 amide bonds. The molecule has 0 aromatic carbocycles. The second-order valence-corrected chi connectivity index (χ2v) is 8.08. The summed E-state index contributed by atoms with van der Waals surface area (Å²) in [7, 11) is 0. The average Bonchev–Trinajstić information content (AvgIpc) is 2.92. The van der Waals surface area contributed by atoms with Crippen LogP contribution in [0.3, 0.4) is 0 Å². The van der Waals surface area contributed by atoms with E-state index in [1.54, 1.807) is 0 Å².